The molecule has 2 aromatic carbocycles. The van der Waals surface area contributed by atoms with E-state index in [0.717, 1.165) is 6.42 Å². The molecule has 0 saturated carbocycles. The van der Waals surface area contributed by atoms with Crippen molar-refractivity contribution in [1.29, 1.82) is 0 Å². The Hall–Kier alpha value is -2.15. The number of phenolic OH excluding ortho intramolecular Hbond substituents is 1. The number of hydrogen-bond donors (Lipinski definition) is 3. The molecule has 0 heterocycles. The molecule has 3 N–H and O–H groups in total. The zero-order valence-electron chi connectivity index (χ0n) is 11.3. The van der Waals surface area contributed by atoms with E-state index >= 15 is 0 Å². The molecule has 0 radical (unpaired) electrons. The summed E-state index contributed by atoms with van der Waals surface area (Å²) in [5.74, 6) is 0.322. The van der Waals surface area contributed by atoms with Gasteiger partial charge in [-0.2, -0.15) is 8.42 Å². The zero-order valence-corrected chi connectivity index (χ0v) is 12.1. The number of phenols is 1. The molecule has 2 aromatic rings. The van der Waals surface area contributed by atoms with Crippen LogP contribution in [-0.4, -0.2) is 22.6 Å². The number of rotatable bonds is 2. The van der Waals surface area contributed by atoms with Gasteiger partial charge in [0.05, 0.1) is 0 Å². The Morgan fingerprint density at radius 1 is 0.905 bits per heavy atom. The average molecular weight is 310 g/mol. The van der Waals surface area contributed by atoms with Crippen molar-refractivity contribution in [3.63, 3.8) is 0 Å². The first-order valence-electron chi connectivity index (χ1n) is 5.91. The van der Waals surface area contributed by atoms with Crippen molar-refractivity contribution in [3.8, 4) is 5.75 Å². The van der Waals surface area contributed by atoms with E-state index in [4.69, 9.17) is 22.6 Å². The summed E-state index contributed by atoms with van der Waals surface area (Å²) in [6.45, 7) is 3.66. The van der Waals surface area contributed by atoms with Gasteiger partial charge in [-0.05, 0) is 24.1 Å². The number of para-hydroxylation sites is 1. The summed E-state index contributed by atoms with van der Waals surface area (Å²) in [7, 11) is -4.67. The molecule has 2 rings (SSSR count). The van der Waals surface area contributed by atoms with Gasteiger partial charge in [-0.3, -0.25) is 9.11 Å². The first-order chi connectivity index (χ1) is 9.83. The topological polar surface area (TPSA) is 94.8 Å². The van der Waals surface area contributed by atoms with Gasteiger partial charge in [0.1, 0.15) is 5.75 Å². The minimum Gasteiger partial charge on any atom is -0.508 e. The molecule has 0 aliphatic heterocycles. The summed E-state index contributed by atoms with van der Waals surface area (Å²) in [5.41, 5.74) is 1.33. The third-order valence-electron chi connectivity index (χ3n) is 1.98. The van der Waals surface area contributed by atoms with Crippen molar-refractivity contribution < 1.29 is 22.6 Å². The minimum atomic E-state index is -4.67. The van der Waals surface area contributed by atoms with Crippen molar-refractivity contribution in [2.75, 3.05) is 0 Å². The molecule has 0 amide bonds. The third kappa shape index (κ3) is 15.8. The summed E-state index contributed by atoms with van der Waals surface area (Å²) < 4.78 is 31.6. The molecule has 21 heavy (non-hydrogen) atoms. The van der Waals surface area contributed by atoms with Crippen LogP contribution in [0.25, 0.3) is 0 Å². The Labute approximate surface area is 124 Å². The number of benzene rings is 2. The smallest absolute Gasteiger partial charge is 0.394 e. The first kappa shape index (κ1) is 18.9. The lowest BCUT2D eigenvalue weighted by atomic mass is 10.2. The van der Waals surface area contributed by atoms with Crippen LogP contribution < -0.4 is 0 Å². The van der Waals surface area contributed by atoms with Gasteiger partial charge in [-0.15, -0.1) is 6.58 Å². The Morgan fingerprint density at radius 3 is 1.57 bits per heavy atom. The van der Waals surface area contributed by atoms with E-state index in [9.17, 15) is 0 Å². The summed E-state index contributed by atoms with van der Waals surface area (Å²) in [6, 6.07) is 19.0. The van der Waals surface area contributed by atoms with Gasteiger partial charge in [0.15, 0.2) is 0 Å². The second-order valence-corrected chi connectivity index (χ2v) is 4.66. The van der Waals surface area contributed by atoms with Gasteiger partial charge >= 0.3 is 10.4 Å². The maximum Gasteiger partial charge on any atom is 0.394 e. The molecule has 0 aliphatic rings. The van der Waals surface area contributed by atoms with Crippen LogP contribution in [0.5, 0.6) is 5.75 Å². The van der Waals surface area contributed by atoms with Crippen LogP contribution in [0.3, 0.4) is 0 Å². The SMILES string of the molecule is C=CCc1ccccc1.O=S(=O)(O)O.Oc1ccccc1. The van der Waals surface area contributed by atoms with E-state index in [1.165, 1.54) is 5.56 Å². The van der Waals surface area contributed by atoms with Crippen LogP contribution >= 0.6 is 0 Å². The van der Waals surface area contributed by atoms with Crippen molar-refractivity contribution >= 4 is 10.4 Å². The fourth-order valence-corrected chi connectivity index (χ4v) is 1.21. The van der Waals surface area contributed by atoms with Gasteiger partial charge in [0.25, 0.3) is 0 Å². The van der Waals surface area contributed by atoms with E-state index in [2.05, 4.69) is 18.7 Å². The number of allylic oxidation sites excluding steroid dienone is 1. The molecule has 0 spiro atoms. The molecule has 0 fully saturated rings. The van der Waals surface area contributed by atoms with Gasteiger partial charge in [0, 0.05) is 0 Å². The number of aromatic hydroxyl groups is 1. The first-order valence-corrected chi connectivity index (χ1v) is 7.31. The average Bonchev–Trinajstić information content (AvgIpc) is 2.40. The lowest BCUT2D eigenvalue weighted by Gasteiger charge is -1.91. The predicted molar refractivity (Wildman–Crippen MR) is 82.6 cm³/mol. The minimum absolute atomic E-state index is 0.322. The summed E-state index contributed by atoms with van der Waals surface area (Å²) in [5, 5.41) is 8.63. The standard InChI is InChI=1S/C9H10.C6H6O.H2O4S/c1-2-6-9-7-4-3-5-8-9;7-6-4-2-1-3-5-6;1-5(2,3)4/h2-5,7-8H,1,6H2;1-5,7H;(H2,1,2,3,4). The molecule has 6 heteroatoms. The van der Waals surface area contributed by atoms with Crippen molar-refractivity contribution in [1.82, 2.24) is 0 Å². The molecule has 0 aromatic heterocycles. The monoisotopic (exact) mass is 310 g/mol. The van der Waals surface area contributed by atoms with Crippen LogP contribution in [0.1, 0.15) is 5.56 Å². The Bertz CT molecular complexity index is 586. The van der Waals surface area contributed by atoms with Gasteiger partial charge in [0.2, 0.25) is 0 Å². The normalized spacial score (nSPS) is 9.43. The molecule has 5 nitrogen and oxygen atoms in total. The van der Waals surface area contributed by atoms with Crippen molar-refractivity contribution in [2.45, 2.75) is 6.42 Å². The third-order valence-corrected chi connectivity index (χ3v) is 1.98. The number of hydrogen-bond acceptors (Lipinski definition) is 3. The lowest BCUT2D eigenvalue weighted by molar-refractivity contribution is 0.381. The van der Waals surface area contributed by atoms with E-state index in [1.54, 1.807) is 24.3 Å². The molecule has 0 saturated heterocycles. The Balaban J connectivity index is 0.000000300. The fraction of sp³-hybridized carbons (Fsp3) is 0.0667. The van der Waals surface area contributed by atoms with Crippen molar-refractivity contribution in [2.24, 2.45) is 0 Å². The quantitative estimate of drug-likeness (QED) is 0.585. The van der Waals surface area contributed by atoms with Crippen LogP contribution in [0.4, 0.5) is 0 Å². The van der Waals surface area contributed by atoms with Gasteiger partial charge < -0.3 is 5.11 Å². The van der Waals surface area contributed by atoms with Crippen LogP contribution in [-0.2, 0) is 16.8 Å². The highest BCUT2D eigenvalue weighted by atomic mass is 32.3. The van der Waals surface area contributed by atoms with Gasteiger partial charge in [-0.1, -0.05) is 54.6 Å². The second kappa shape index (κ2) is 10.6. The molecule has 0 bridgehead atoms. The fourth-order valence-electron chi connectivity index (χ4n) is 1.21. The molecular weight excluding hydrogens is 292 g/mol. The van der Waals surface area contributed by atoms with Crippen LogP contribution in [0.15, 0.2) is 73.3 Å². The van der Waals surface area contributed by atoms with E-state index < -0.39 is 10.4 Å². The predicted octanol–water partition coefficient (Wildman–Crippen LogP) is 3.15. The van der Waals surface area contributed by atoms with Crippen LogP contribution in [0.2, 0.25) is 0 Å². The zero-order chi connectivity index (χ0) is 16.1. The van der Waals surface area contributed by atoms with E-state index in [-0.39, 0.29) is 0 Å². The molecule has 0 unspecified atom stereocenters. The van der Waals surface area contributed by atoms with Crippen LogP contribution in [0, 0.1) is 0 Å². The van der Waals surface area contributed by atoms with E-state index in [1.807, 2.05) is 30.3 Å². The summed E-state index contributed by atoms with van der Waals surface area (Å²) >= 11 is 0. The molecular formula is C15H18O5S. The van der Waals surface area contributed by atoms with Gasteiger partial charge in [-0.25, -0.2) is 0 Å². The highest BCUT2D eigenvalue weighted by Crippen LogP contribution is 2.02. The Morgan fingerprint density at radius 2 is 1.29 bits per heavy atom. The van der Waals surface area contributed by atoms with Crippen molar-refractivity contribution in [3.05, 3.63) is 78.9 Å². The molecule has 0 atom stereocenters. The molecule has 0 aliphatic carbocycles. The second-order valence-electron chi connectivity index (χ2n) is 3.76. The largest absolute Gasteiger partial charge is 0.508 e. The Kier molecular flexibility index (Phi) is 9.53. The molecule has 114 valence electrons. The lowest BCUT2D eigenvalue weighted by Crippen LogP contribution is -1.89. The summed E-state index contributed by atoms with van der Waals surface area (Å²) in [6.07, 6.45) is 2.89. The maximum atomic E-state index is 8.74. The summed E-state index contributed by atoms with van der Waals surface area (Å²) in [4.78, 5) is 0. The highest BCUT2D eigenvalue weighted by Gasteiger charge is 1.84. The van der Waals surface area contributed by atoms with E-state index in [0.29, 0.717) is 5.75 Å². The highest BCUT2D eigenvalue weighted by molar-refractivity contribution is 7.79. The maximum absolute atomic E-state index is 8.74.